The predicted octanol–water partition coefficient (Wildman–Crippen LogP) is 4.83. The minimum Gasteiger partial charge on any atom is -0.508 e. The first-order valence-corrected chi connectivity index (χ1v) is 12.5. The lowest BCUT2D eigenvalue weighted by molar-refractivity contribution is 0.0937. The number of aryl methyl sites for hydroxylation is 1. The van der Waals surface area contributed by atoms with Crippen LogP contribution in [0.5, 0.6) is 5.75 Å². The molecule has 4 atom stereocenters. The molecule has 2 fully saturated rings. The normalized spacial score (nSPS) is 21.7. The van der Waals surface area contributed by atoms with Crippen LogP contribution < -0.4 is 5.32 Å². The lowest BCUT2D eigenvalue weighted by Crippen LogP contribution is -2.38. The van der Waals surface area contributed by atoms with E-state index in [9.17, 15) is 18.7 Å². The molecule has 1 aliphatic carbocycles. The minimum absolute atomic E-state index is 0.158. The highest BCUT2D eigenvalue weighted by Gasteiger charge is 2.39. The molecule has 2 aromatic carbocycles. The number of halogens is 2. The number of carbonyl (C=O) groups is 1. The number of carbonyl (C=O) groups excluding carboxylic acids is 1. The highest BCUT2D eigenvalue weighted by atomic mass is 19.1. The van der Waals surface area contributed by atoms with Crippen LogP contribution in [0.2, 0.25) is 0 Å². The summed E-state index contributed by atoms with van der Waals surface area (Å²) in [5.41, 5.74) is 2.17. The zero-order chi connectivity index (χ0) is 26.1. The van der Waals surface area contributed by atoms with E-state index in [1.54, 1.807) is 13.0 Å². The second-order valence-corrected chi connectivity index (χ2v) is 10.2. The van der Waals surface area contributed by atoms with Crippen molar-refractivity contribution < 1.29 is 18.7 Å². The number of pyridine rings is 1. The lowest BCUT2D eigenvalue weighted by atomic mass is 9.85. The second-order valence-electron chi connectivity index (χ2n) is 10.2. The van der Waals surface area contributed by atoms with Gasteiger partial charge in [0.15, 0.2) is 0 Å². The van der Waals surface area contributed by atoms with Crippen molar-refractivity contribution >= 4 is 5.91 Å². The molecule has 1 saturated heterocycles. The molecule has 3 aromatic rings. The highest BCUT2D eigenvalue weighted by Crippen LogP contribution is 2.41. The number of likely N-dealkylation sites (tertiary alicyclic amines) is 1. The zero-order valence-electron chi connectivity index (χ0n) is 20.8. The molecular weight excluding hydrogens is 472 g/mol. The highest BCUT2D eigenvalue weighted by molar-refractivity contribution is 5.93. The summed E-state index contributed by atoms with van der Waals surface area (Å²) in [5, 5.41) is 13.3. The molecule has 1 aliphatic heterocycles. The van der Waals surface area contributed by atoms with E-state index in [-0.39, 0.29) is 17.0 Å². The summed E-state index contributed by atoms with van der Waals surface area (Å²) in [6.45, 7) is 3.93. The monoisotopic (exact) mass is 501 g/mol. The summed E-state index contributed by atoms with van der Waals surface area (Å²) < 4.78 is 27.6. The first kappa shape index (κ1) is 24.9. The third-order valence-electron chi connectivity index (χ3n) is 7.36. The summed E-state index contributed by atoms with van der Waals surface area (Å²) in [6, 6.07) is 11.6. The second kappa shape index (κ2) is 10.3. The molecule has 2 heterocycles. The maximum Gasteiger partial charge on any atom is 0.270 e. The molecule has 1 saturated carbocycles. The van der Waals surface area contributed by atoms with Gasteiger partial charge in [-0.3, -0.25) is 4.79 Å². The standard InChI is InChI=1S/C30H29F2N3O2/c1-18-13-19(3-11-25-21-4-5-22(25)17-35(2)16-21)14-27(33-18)30(37)34-29(20-6-8-23(31)9-7-20)26-15-24(32)10-12-28(26)36/h6-10,12-15,21-22,25,29,36H,4-5,16-17H2,1-2H3,(H,34,37)/t21-,22+,25?,29?. The van der Waals surface area contributed by atoms with Crippen LogP contribution in [0.3, 0.4) is 0 Å². The summed E-state index contributed by atoms with van der Waals surface area (Å²) in [5.74, 6) is 6.58. The SMILES string of the molecule is Cc1cc(C#CC2[C@@H]3CC[C@H]2CN(C)C3)cc(C(=O)NC(c2ccc(F)cc2)c2cc(F)ccc2O)n1. The van der Waals surface area contributed by atoms with Crippen LogP contribution in [0, 0.1) is 48.2 Å². The number of nitrogens with one attached hydrogen (secondary N) is 1. The van der Waals surface area contributed by atoms with Crippen molar-refractivity contribution in [2.45, 2.75) is 25.8 Å². The smallest absolute Gasteiger partial charge is 0.270 e. The van der Waals surface area contributed by atoms with Gasteiger partial charge >= 0.3 is 0 Å². The fourth-order valence-corrected chi connectivity index (χ4v) is 5.67. The quantitative estimate of drug-likeness (QED) is 0.503. The van der Waals surface area contributed by atoms with Crippen LogP contribution in [-0.2, 0) is 0 Å². The molecular formula is C30H29F2N3O2. The maximum absolute atomic E-state index is 14.1. The van der Waals surface area contributed by atoms with Crippen molar-refractivity contribution in [3.63, 3.8) is 0 Å². The number of phenols is 1. The van der Waals surface area contributed by atoms with Gasteiger partial charge in [0.1, 0.15) is 23.1 Å². The van der Waals surface area contributed by atoms with E-state index < -0.39 is 23.6 Å². The molecule has 1 amide bonds. The Labute approximate surface area is 215 Å². The van der Waals surface area contributed by atoms with Crippen LogP contribution in [0.4, 0.5) is 8.78 Å². The molecule has 2 N–H and O–H groups in total. The Morgan fingerprint density at radius 1 is 1.05 bits per heavy atom. The number of aromatic nitrogens is 1. The molecule has 5 rings (SSSR count). The van der Waals surface area contributed by atoms with Gasteiger partial charge in [0, 0.05) is 35.8 Å². The van der Waals surface area contributed by atoms with Crippen LogP contribution in [0.1, 0.15) is 51.8 Å². The number of rotatable bonds is 4. The minimum atomic E-state index is -0.921. The van der Waals surface area contributed by atoms with E-state index >= 15 is 0 Å². The number of hydrogen-bond donors (Lipinski definition) is 2. The molecule has 190 valence electrons. The average molecular weight is 502 g/mol. The van der Waals surface area contributed by atoms with E-state index in [1.807, 2.05) is 6.07 Å². The number of phenolic OH excluding ortho intramolecular Hbond substituents is 1. The fraction of sp³-hybridized carbons (Fsp3) is 0.333. The number of piperidine rings is 1. The first-order valence-electron chi connectivity index (χ1n) is 12.5. The first-order chi connectivity index (χ1) is 17.8. The van der Waals surface area contributed by atoms with Gasteiger partial charge in [0.2, 0.25) is 0 Å². The van der Waals surface area contributed by atoms with Crippen molar-refractivity contribution in [2.75, 3.05) is 20.1 Å². The third kappa shape index (κ3) is 5.50. The fourth-order valence-electron chi connectivity index (χ4n) is 5.67. The van der Waals surface area contributed by atoms with E-state index in [4.69, 9.17) is 0 Å². The Kier molecular flexibility index (Phi) is 6.94. The lowest BCUT2D eigenvalue weighted by Gasteiger charge is -2.33. The van der Waals surface area contributed by atoms with Crippen LogP contribution in [0.15, 0.2) is 54.6 Å². The van der Waals surface area contributed by atoms with Crippen LogP contribution in [0.25, 0.3) is 0 Å². The predicted molar refractivity (Wildman–Crippen MR) is 137 cm³/mol. The van der Waals surface area contributed by atoms with Gasteiger partial charge in [-0.15, -0.1) is 0 Å². The molecule has 37 heavy (non-hydrogen) atoms. The maximum atomic E-state index is 14.1. The van der Waals surface area contributed by atoms with E-state index in [1.165, 1.54) is 43.2 Å². The number of fused-ring (bicyclic) bond motifs is 2. The van der Waals surface area contributed by atoms with E-state index in [0.717, 1.165) is 25.2 Å². The van der Waals surface area contributed by atoms with Crippen LogP contribution in [-0.4, -0.2) is 41.0 Å². The van der Waals surface area contributed by atoms with E-state index in [2.05, 4.69) is 34.1 Å². The molecule has 0 radical (unpaired) electrons. The molecule has 2 aliphatic rings. The van der Waals surface area contributed by atoms with Crippen molar-refractivity contribution in [3.8, 4) is 17.6 Å². The molecule has 0 spiro atoms. The van der Waals surface area contributed by atoms with Gasteiger partial charge in [0.25, 0.3) is 5.91 Å². The number of amides is 1. The summed E-state index contributed by atoms with van der Waals surface area (Å²) >= 11 is 0. The number of nitrogens with zero attached hydrogens (tertiary/aromatic N) is 2. The Morgan fingerprint density at radius 3 is 2.43 bits per heavy atom. The van der Waals surface area contributed by atoms with E-state index in [0.29, 0.717) is 34.6 Å². The number of benzene rings is 2. The molecule has 7 heteroatoms. The number of hydrogen-bond acceptors (Lipinski definition) is 4. The Balaban J connectivity index is 1.42. The Hall–Kier alpha value is -3.76. The zero-order valence-corrected chi connectivity index (χ0v) is 20.8. The Morgan fingerprint density at radius 2 is 1.73 bits per heavy atom. The summed E-state index contributed by atoms with van der Waals surface area (Å²) in [4.78, 5) is 20.1. The van der Waals surface area contributed by atoms with Gasteiger partial charge in [-0.1, -0.05) is 24.0 Å². The topological polar surface area (TPSA) is 65.5 Å². The van der Waals surface area contributed by atoms with Gasteiger partial charge in [-0.2, -0.15) is 0 Å². The van der Waals surface area contributed by atoms with Gasteiger partial charge in [-0.25, -0.2) is 13.8 Å². The summed E-state index contributed by atoms with van der Waals surface area (Å²) in [6.07, 6.45) is 2.41. The molecule has 1 aromatic heterocycles. The molecule has 5 nitrogen and oxygen atoms in total. The third-order valence-corrected chi connectivity index (χ3v) is 7.36. The largest absolute Gasteiger partial charge is 0.508 e. The van der Waals surface area contributed by atoms with Crippen LogP contribution >= 0.6 is 0 Å². The summed E-state index contributed by atoms with van der Waals surface area (Å²) in [7, 11) is 2.16. The molecule has 2 unspecified atom stereocenters. The van der Waals surface area contributed by atoms with Gasteiger partial charge < -0.3 is 15.3 Å². The van der Waals surface area contributed by atoms with Crippen molar-refractivity contribution in [2.24, 2.45) is 17.8 Å². The average Bonchev–Trinajstić information content (AvgIpc) is 3.11. The van der Waals surface area contributed by atoms with Gasteiger partial charge in [-0.05, 0) is 86.7 Å². The van der Waals surface area contributed by atoms with Crippen molar-refractivity contribution in [1.82, 2.24) is 15.2 Å². The van der Waals surface area contributed by atoms with Crippen molar-refractivity contribution in [1.29, 1.82) is 0 Å². The molecule has 2 bridgehead atoms. The number of aromatic hydroxyl groups is 1. The Bertz CT molecular complexity index is 1370. The van der Waals surface area contributed by atoms with Crippen molar-refractivity contribution in [3.05, 3.63) is 94.3 Å². The van der Waals surface area contributed by atoms with Gasteiger partial charge in [0.05, 0.1) is 6.04 Å².